The summed E-state index contributed by atoms with van der Waals surface area (Å²) in [4.78, 5) is 27.6. The second-order valence-electron chi connectivity index (χ2n) is 7.31. The standard InChI is InChI=1S/C30H22O2S/c31-27(23-13-5-1-6-14-23)21-29(25-17-9-3-10-18-25)33-30(26-19-11-4-12-20-26)22-28(32)24-15-7-2-8-16-24/h1-22H/b29-21-,30-22+. The Morgan fingerprint density at radius 2 is 0.697 bits per heavy atom. The predicted octanol–water partition coefficient (Wildman–Crippen LogP) is 7.57. The number of carbonyl (C=O) groups is 2. The second-order valence-corrected chi connectivity index (χ2v) is 8.40. The molecule has 0 unspecified atom stereocenters. The molecule has 3 heteroatoms. The predicted molar refractivity (Wildman–Crippen MR) is 138 cm³/mol. The molecule has 4 aromatic rings. The van der Waals surface area contributed by atoms with Crippen LogP contribution in [-0.4, -0.2) is 11.6 Å². The van der Waals surface area contributed by atoms with E-state index in [1.807, 2.05) is 97.1 Å². The van der Waals surface area contributed by atoms with Crippen LogP contribution in [0.25, 0.3) is 9.81 Å². The molecule has 0 N–H and O–H groups in total. The molecule has 0 fully saturated rings. The highest BCUT2D eigenvalue weighted by atomic mass is 32.2. The number of carbonyl (C=O) groups excluding carboxylic acids is 2. The van der Waals surface area contributed by atoms with Crippen LogP contribution in [0.1, 0.15) is 31.8 Å². The van der Waals surface area contributed by atoms with E-state index in [0.29, 0.717) is 11.1 Å². The average molecular weight is 447 g/mol. The molecule has 0 bridgehead atoms. The summed E-state index contributed by atoms with van der Waals surface area (Å²) < 4.78 is 0. The Morgan fingerprint density at radius 1 is 0.424 bits per heavy atom. The summed E-state index contributed by atoms with van der Waals surface area (Å²) in [5.41, 5.74) is 3.08. The zero-order valence-electron chi connectivity index (χ0n) is 17.9. The molecular formula is C30H22O2S. The molecule has 0 aromatic heterocycles. The van der Waals surface area contributed by atoms with Crippen LogP contribution in [0.3, 0.4) is 0 Å². The molecule has 160 valence electrons. The van der Waals surface area contributed by atoms with E-state index in [2.05, 4.69) is 0 Å². The van der Waals surface area contributed by atoms with Gasteiger partial charge >= 0.3 is 0 Å². The Labute approximate surface area is 198 Å². The first-order valence-corrected chi connectivity index (χ1v) is 11.4. The highest BCUT2D eigenvalue weighted by Gasteiger charge is 2.14. The number of benzene rings is 4. The molecule has 33 heavy (non-hydrogen) atoms. The van der Waals surface area contributed by atoms with Gasteiger partial charge in [-0.2, -0.15) is 0 Å². The maximum absolute atomic E-state index is 13.0. The summed E-state index contributed by atoms with van der Waals surface area (Å²) in [5, 5.41) is 0. The number of rotatable bonds is 8. The fraction of sp³-hybridized carbons (Fsp3) is 0. The number of allylic oxidation sites excluding steroid dienone is 2. The SMILES string of the molecule is O=C(/C=C(\S/C(=C/C(=O)c1ccccc1)c1ccccc1)c1ccccc1)c1ccccc1. The molecule has 2 nitrogen and oxygen atoms in total. The van der Waals surface area contributed by atoms with Crippen molar-refractivity contribution < 1.29 is 9.59 Å². The lowest BCUT2D eigenvalue weighted by Crippen LogP contribution is -1.97. The van der Waals surface area contributed by atoms with Crippen LogP contribution in [0.2, 0.25) is 0 Å². The van der Waals surface area contributed by atoms with Crippen molar-refractivity contribution in [3.05, 3.63) is 156 Å². The normalized spacial score (nSPS) is 11.8. The van der Waals surface area contributed by atoms with Crippen LogP contribution in [0.15, 0.2) is 133 Å². The van der Waals surface area contributed by atoms with E-state index in [4.69, 9.17) is 0 Å². The van der Waals surface area contributed by atoms with Gasteiger partial charge < -0.3 is 0 Å². The monoisotopic (exact) mass is 446 g/mol. The lowest BCUT2D eigenvalue weighted by Gasteiger charge is -2.12. The van der Waals surface area contributed by atoms with E-state index < -0.39 is 0 Å². The van der Waals surface area contributed by atoms with Crippen molar-refractivity contribution in [2.45, 2.75) is 0 Å². The van der Waals surface area contributed by atoms with Crippen LogP contribution in [-0.2, 0) is 0 Å². The summed E-state index contributed by atoms with van der Waals surface area (Å²) >= 11 is 1.42. The fourth-order valence-electron chi connectivity index (χ4n) is 3.28. The molecule has 0 heterocycles. The third-order valence-electron chi connectivity index (χ3n) is 4.98. The average Bonchev–Trinajstić information content (AvgIpc) is 2.89. The maximum atomic E-state index is 13.0. The summed E-state index contributed by atoms with van der Waals surface area (Å²) in [6.45, 7) is 0. The molecule has 0 aliphatic rings. The van der Waals surface area contributed by atoms with Crippen molar-refractivity contribution in [1.82, 2.24) is 0 Å². The molecule has 0 atom stereocenters. The van der Waals surface area contributed by atoms with Gasteiger partial charge in [0.25, 0.3) is 0 Å². The minimum Gasteiger partial charge on any atom is -0.289 e. The third kappa shape index (κ3) is 6.06. The van der Waals surface area contributed by atoms with Gasteiger partial charge in [0, 0.05) is 33.1 Å². The lowest BCUT2D eigenvalue weighted by molar-refractivity contribution is 0.103. The Balaban J connectivity index is 1.76. The first kappa shape index (κ1) is 22.3. The van der Waals surface area contributed by atoms with Crippen molar-refractivity contribution in [2.75, 3.05) is 0 Å². The maximum Gasteiger partial charge on any atom is 0.186 e. The van der Waals surface area contributed by atoms with Gasteiger partial charge in [-0.25, -0.2) is 0 Å². The quantitative estimate of drug-likeness (QED) is 0.207. The van der Waals surface area contributed by atoms with Crippen molar-refractivity contribution in [3.8, 4) is 0 Å². The zero-order valence-corrected chi connectivity index (χ0v) is 18.7. The molecule has 0 saturated carbocycles. The van der Waals surface area contributed by atoms with Crippen LogP contribution in [0.4, 0.5) is 0 Å². The van der Waals surface area contributed by atoms with E-state index in [-0.39, 0.29) is 11.6 Å². The van der Waals surface area contributed by atoms with Gasteiger partial charge in [0.05, 0.1) is 0 Å². The molecule has 0 aliphatic carbocycles. The van der Waals surface area contributed by atoms with E-state index >= 15 is 0 Å². The van der Waals surface area contributed by atoms with Crippen LogP contribution < -0.4 is 0 Å². The first-order chi connectivity index (χ1) is 16.2. The molecule has 0 saturated heterocycles. The number of ketones is 2. The number of thioether (sulfide) groups is 1. The summed E-state index contributed by atoms with van der Waals surface area (Å²) in [7, 11) is 0. The van der Waals surface area contributed by atoms with Gasteiger partial charge in [-0.05, 0) is 11.1 Å². The highest BCUT2D eigenvalue weighted by molar-refractivity contribution is 8.16. The zero-order chi connectivity index (χ0) is 22.9. The summed E-state index contributed by atoms with van der Waals surface area (Å²) in [6.07, 6.45) is 3.30. The lowest BCUT2D eigenvalue weighted by atomic mass is 10.1. The highest BCUT2D eigenvalue weighted by Crippen LogP contribution is 2.39. The van der Waals surface area contributed by atoms with Crippen molar-refractivity contribution in [1.29, 1.82) is 0 Å². The molecule has 0 amide bonds. The molecule has 4 rings (SSSR count). The molecule has 0 radical (unpaired) electrons. The number of hydrogen-bond acceptors (Lipinski definition) is 3. The van der Waals surface area contributed by atoms with Gasteiger partial charge in [0.1, 0.15) is 0 Å². The summed E-state index contributed by atoms with van der Waals surface area (Å²) in [5.74, 6) is -0.160. The molecule has 0 spiro atoms. The minimum atomic E-state index is -0.0799. The van der Waals surface area contributed by atoms with Crippen molar-refractivity contribution >= 4 is 33.1 Å². The van der Waals surface area contributed by atoms with E-state index in [9.17, 15) is 9.59 Å². The van der Waals surface area contributed by atoms with Gasteiger partial charge in [-0.3, -0.25) is 9.59 Å². The largest absolute Gasteiger partial charge is 0.289 e. The van der Waals surface area contributed by atoms with E-state index in [1.54, 1.807) is 36.4 Å². The van der Waals surface area contributed by atoms with Gasteiger partial charge in [0.15, 0.2) is 11.6 Å². The van der Waals surface area contributed by atoms with Crippen molar-refractivity contribution in [2.24, 2.45) is 0 Å². The van der Waals surface area contributed by atoms with Gasteiger partial charge in [-0.1, -0.05) is 133 Å². The van der Waals surface area contributed by atoms with Crippen LogP contribution in [0, 0.1) is 0 Å². The molecule has 4 aromatic carbocycles. The third-order valence-corrected chi connectivity index (χ3v) is 6.12. The Kier molecular flexibility index (Phi) is 7.47. The number of hydrogen-bond donors (Lipinski definition) is 0. The van der Waals surface area contributed by atoms with E-state index in [1.165, 1.54) is 11.8 Å². The Bertz CT molecular complexity index is 1170. The van der Waals surface area contributed by atoms with Crippen LogP contribution >= 0.6 is 11.8 Å². The Morgan fingerprint density at radius 3 is 1.00 bits per heavy atom. The van der Waals surface area contributed by atoms with Gasteiger partial charge in [0.2, 0.25) is 0 Å². The first-order valence-electron chi connectivity index (χ1n) is 10.6. The topological polar surface area (TPSA) is 34.1 Å². The Hall–Kier alpha value is -3.95. The minimum absolute atomic E-state index is 0.0799. The van der Waals surface area contributed by atoms with Gasteiger partial charge in [-0.15, -0.1) is 0 Å². The second kappa shape index (κ2) is 11.1. The van der Waals surface area contributed by atoms with Crippen molar-refractivity contribution in [3.63, 3.8) is 0 Å². The fourth-order valence-corrected chi connectivity index (χ4v) is 4.35. The molecular weight excluding hydrogens is 424 g/mol. The van der Waals surface area contributed by atoms with E-state index in [0.717, 1.165) is 20.9 Å². The smallest absolute Gasteiger partial charge is 0.186 e. The van der Waals surface area contributed by atoms with Crippen LogP contribution in [0.5, 0.6) is 0 Å². The molecule has 0 aliphatic heterocycles. The summed E-state index contributed by atoms with van der Waals surface area (Å²) in [6, 6.07) is 37.9.